The maximum Gasteiger partial charge on any atom is 0.273 e. The smallest absolute Gasteiger partial charge is 0.273 e. The normalized spacial score (nSPS) is 20.5. The molecule has 4 nitrogen and oxygen atoms in total. The van der Waals surface area contributed by atoms with Crippen LogP contribution in [-0.4, -0.2) is 34.6 Å². The van der Waals surface area contributed by atoms with Crippen LogP contribution in [0.2, 0.25) is 0 Å². The third-order valence-electron chi connectivity index (χ3n) is 3.32. The standard InChI is InChI=1S/C13H17N3OS2/c1-2-11(9-17-13-15-3-5-18-13)7-16(4-1)8-12-6-14-10-19-12/h3,5-6,10-11H,1-2,4,7-9H2. The highest BCUT2D eigenvalue weighted by molar-refractivity contribution is 7.11. The van der Waals surface area contributed by atoms with Gasteiger partial charge < -0.3 is 4.74 Å². The molecule has 3 heterocycles. The number of thiazole rings is 2. The molecule has 0 spiro atoms. The number of hydrogen-bond donors (Lipinski definition) is 0. The van der Waals surface area contributed by atoms with Crippen molar-refractivity contribution < 1.29 is 4.74 Å². The summed E-state index contributed by atoms with van der Waals surface area (Å²) in [4.78, 5) is 12.1. The van der Waals surface area contributed by atoms with Crippen LogP contribution < -0.4 is 4.74 Å². The molecule has 1 saturated heterocycles. The molecule has 2 aromatic heterocycles. The Balaban J connectivity index is 1.47. The summed E-state index contributed by atoms with van der Waals surface area (Å²) >= 11 is 3.30. The molecule has 102 valence electrons. The summed E-state index contributed by atoms with van der Waals surface area (Å²) in [6, 6.07) is 0. The summed E-state index contributed by atoms with van der Waals surface area (Å²) in [5, 5.41) is 2.74. The Labute approximate surface area is 121 Å². The average Bonchev–Trinajstić information content (AvgIpc) is 3.10. The van der Waals surface area contributed by atoms with Gasteiger partial charge in [-0.15, -0.1) is 11.3 Å². The number of piperidine rings is 1. The van der Waals surface area contributed by atoms with Gasteiger partial charge in [0.15, 0.2) is 0 Å². The molecule has 0 N–H and O–H groups in total. The minimum absolute atomic E-state index is 0.616. The third kappa shape index (κ3) is 3.75. The van der Waals surface area contributed by atoms with E-state index in [-0.39, 0.29) is 0 Å². The largest absolute Gasteiger partial charge is 0.470 e. The van der Waals surface area contributed by atoms with Gasteiger partial charge in [-0.3, -0.25) is 9.88 Å². The van der Waals surface area contributed by atoms with Crippen LogP contribution in [0.15, 0.2) is 23.3 Å². The van der Waals surface area contributed by atoms with Gasteiger partial charge in [-0.05, 0) is 19.4 Å². The first-order valence-corrected chi connectivity index (χ1v) is 8.28. The van der Waals surface area contributed by atoms with Crippen LogP contribution in [0.5, 0.6) is 5.19 Å². The maximum absolute atomic E-state index is 5.74. The second-order valence-electron chi connectivity index (χ2n) is 4.82. The van der Waals surface area contributed by atoms with Crippen LogP contribution in [0.4, 0.5) is 0 Å². The zero-order chi connectivity index (χ0) is 12.9. The van der Waals surface area contributed by atoms with E-state index < -0.39 is 0 Å². The van der Waals surface area contributed by atoms with Crippen molar-refractivity contribution in [3.05, 3.63) is 28.2 Å². The van der Waals surface area contributed by atoms with E-state index >= 15 is 0 Å². The van der Waals surface area contributed by atoms with Gasteiger partial charge in [0.05, 0.1) is 12.1 Å². The molecule has 19 heavy (non-hydrogen) atoms. The summed E-state index contributed by atoms with van der Waals surface area (Å²) in [5.41, 5.74) is 1.91. The van der Waals surface area contributed by atoms with Gasteiger partial charge in [0.2, 0.25) is 0 Å². The summed E-state index contributed by atoms with van der Waals surface area (Å²) in [6.45, 7) is 4.11. The van der Waals surface area contributed by atoms with Crippen molar-refractivity contribution in [2.45, 2.75) is 19.4 Å². The molecule has 1 aliphatic rings. The molecule has 3 rings (SSSR count). The average molecular weight is 295 g/mol. The van der Waals surface area contributed by atoms with Gasteiger partial charge in [-0.1, -0.05) is 11.3 Å². The van der Waals surface area contributed by atoms with E-state index in [1.165, 1.54) is 24.3 Å². The Morgan fingerprint density at radius 2 is 2.42 bits per heavy atom. The number of rotatable bonds is 5. The molecule has 6 heteroatoms. The van der Waals surface area contributed by atoms with Gasteiger partial charge in [0.25, 0.3) is 5.19 Å². The second-order valence-corrected chi connectivity index (χ2v) is 6.65. The number of aromatic nitrogens is 2. The summed E-state index contributed by atoms with van der Waals surface area (Å²) in [6.07, 6.45) is 6.27. The topological polar surface area (TPSA) is 38.2 Å². The predicted molar refractivity (Wildman–Crippen MR) is 77.7 cm³/mol. The first-order chi connectivity index (χ1) is 9.40. The highest BCUT2D eigenvalue weighted by Crippen LogP contribution is 2.21. The van der Waals surface area contributed by atoms with Gasteiger partial charge in [-0.2, -0.15) is 0 Å². The van der Waals surface area contributed by atoms with Gasteiger partial charge in [0.1, 0.15) is 0 Å². The molecule has 1 atom stereocenters. The van der Waals surface area contributed by atoms with Crippen molar-refractivity contribution in [3.8, 4) is 5.19 Å². The molecule has 0 radical (unpaired) electrons. The number of likely N-dealkylation sites (tertiary alicyclic amines) is 1. The van der Waals surface area contributed by atoms with Crippen LogP contribution in [0.1, 0.15) is 17.7 Å². The molecular weight excluding hydrogens is 278 g/mol. The van der Waals surface area contributed by atoms with Crippen molar-refractivity contribution in [1.29, 1.82) is 0 Å². The number of nitrogens with zero attached hydrogens (tertiary/aromatic N) is 3. The predicted octanol–water partition coefficient (Wildman–Crippen LogP) is 2.89. The second kappa shape index (κ2) is 6.45. The van der Waals surface area contributed by atoms with Crippen molar-refractivity contribution in [2.75, 3.05) is 19.7 Å². The minimum atomic E-state index is 0.616. The van der Waals surface area contributed by atoms with Gasteiger partial charge in [-0.25, -0.2) is 4.98 Å². The molecule has 0 aliphatic carbocycles. The van der Waals surface area contributed by atoms with Gasteiger partial charge in [0, 0.05) is 41.7 Å². The van der Waals surface area contributed by atoms with Crippen LogP contribution in [0.3, 0.4) is 0 Å². The fourth-order valence-electron chi connectivity index (χ4n) is 2.44. The summed E-state index contributed by atoms with van der Waals surface area (Å²) in [5.74, 6) is 0.616. The van der Waals surface area contributed by atoms with E-state index in [9.17, 15) is 0 Å². The van der Waals surface area contributed by atoms with E-state index in [0.29, 0.717) is 5.92 Å². The monoisotopic (exact) mass is 295 g/mol. The highest BCUT2D eigenvalue weighted by atomic mass is 32.1. The quantitative estimate of drug-likeness (QED) is 0.850. The van der Waals surface area contributed by atoms with E-state index in [1.807, 2.05) is 17.1 Å². The zero-order valence-corrected chi connectivity index (χ0v) is 12.3. The Morgan fingerprint density at radius 3 is 3.21 bits per heavy atom. The molecule has 1 unspecified atom stereocenters. The zero-order valence-electron chi connectivity index (χ0n) is 10.7. The van der Waals surface area contributed by atoms with Gasteiger partial charge >= 0.3 is 0 Å². The molecular formula is C13H17N3OS2. The first kappa shape index (κ1) is 13.0. The lowest BCUT2D eigenvalue weighted by molar-refractivity contribution is 0.125. The molecule has 0 bridgehead atoms. The van der Waals surface area contributed by atoms with Crippen molar-refractivity contribution in [2.24, 2.45) is 5.92 Å². The Hall–Kier alpha value is -0.980. The molecule has 2 aromatic rings. The van der Waals surface area contributed by atoms with Crippen LogP contribution >= 0.6 is 22.7 Å². The van der Waals surface area contributed by atoms with E-state index in [0.717, 1.165) is 24.9 Å². The molecule has 0 amide bonds. The van der Waals surface area contributed by atoms with E-state index in [2.05, 4.69) is 14.9 Å². The van der Waals surface area contributed by atoms with Crippen LogP contribution in [-0.2, 0) is 6.54 Å². The van der Waals surface area contributed by atoms with Crippen molar-refractivity contribution in [1.82, 2.24) is 14.9 Å². The molecule has 1 aliphatic heterocycles. The van der Waals surface area contributed by atoms with Crippen molar-refractivity contribution in [3.63, 3.8) is 0 Å². The summed E-state index contributed by atoms with van der Waals surface area (Å²) in [7, 11) is 0. The number of ether oxygens (including phenoxy) is 1. The first-order valence-electron chi connectivity index (χ1n) is 6.52. The molecule has 0 saturated carbocycles. The van der Waals surface area contributed by atoms with Crippen LogP contribution in [0, 0.1) is 5.92 Å². The lowest BCUT2D eigenvalue weighted by atomic mass is 9.99. The molecule has 1 fully saturated rings. The number of hydrogen-bond acceptors (Lipinski definition) is 6. The van der Waals surface area contributed by atoms with Crippen LogP contribution in [0.25, 0.3) is 0 Å². The Kier molecular flexibility index (Phi) is 4.42. The Morgan fingerprint density at radius 1 is 1.42 bits per heavy atom. The Bertz CT molecular complexity index is 472. The minimum Gasteiger partial charge on any atom is -0.470 e. The molecule has 0 aromatic carbocycles. The van der Waals surface area contributed by atoms with Crippen molar-refractivity contribution >= 4 is 22.7 Å². The fraction of sp³-hybridized carbons (Fsp3) is 0.538. The van der Waals surface area contributed by atoms with E-state index in [4.69, 9.17) is 4.74 Å². The third-order valence-corrected chi connectivity index (χ3v) is 4.77. The lowest BCUT2D eigenvalue weighted by Gasteiger charge is -2.31. The SMILES string of the molecule is c1csc(OCC2CCCN(Cc3cncs3)C2)n1. The van der Waals surface area contributed by atoms with E-state index in [1.54, 1.807) is 28.9 Å². The fourth-order valence-corrected chi connectivity index (χ4v) is 3.57. The summed E-state index contributed by atoms with van der Waals surface area (Å²) < 4.78 is 5.74. The lowest BCUT2D eigenvalue weighted by Crippen LogP contribution is -2.37. The highest BCUT2D eigenvalue weighted by Gasteiger charge is 2.21. The maximum atomic E-state index is 5.74.